The fourth-order valence-electron chi connectivity index (χ4n) is 1.50. The van der Waals surface area contributed by atoms with Crippen LogP contribution in [0.15, 0.2) is 0 Å². The zero-order chi connectivity index (χ0) is 10.8. The molecule has 4 nitrogen and oxygen atoms in total. The van der Waals surface area contributed by atoms with Crippen molar-refractivity contribution in [3.05, 3.63) is 0 Å². The lowest BCUT2D eigenvalue weighted by Gasteiger charge is -2.24. The van der Waals surface area contributed by atoms with E-state index in [0.717, 1.165) is 12.8 Å². The molecule has 78 valence electrons. The van der Waals surface area contributed by atoms with Crippen LogP contribution in [0.4, 0.5) is 0 Å². The lowest BCUT2D eigenvalue weighted by atomic mass is 10.1. The maximum atomic E-state index is 11.6. The smallest absolute Gasteiger partial charge is 0.330 e. The first-order valence-electron chi connectivity index (χ1n) is 4.83. The van der Waals surface area contributed by atoms with Crippen molar-refractivity contribution in [3.63, 3.8) is 0 Å². The monoisotopic (exact) mass is 196 g/mol. The minimum absolute atomic E-state index is 0.281. The van der Waals surface area contributed by atoms with Crippen molar-refractivity contribution >= 4 is 5.97 Å². The number of esters is 1. The molecule has 1 heterocycles. The number of carbonyl (C=O) groups is 1. The largest absolute Gasteiger partial charge is 0.458 e. The molecule has 0 saturated carbocycles. The first-order chi connectivity index (χ1) is 6.44. The summed E-state index contributed by atoms with van der Waals surface area (Å²) in [4.78, 5) is 13.1. The normalized spacial score (nSPS) is 21.9. The standard InChI is InChI=1S/C10H16N2O2/c1-10(2,3)14-9(13)8-5-4-6-12(8)7-11/h8H,4-6H2,1-3H3/t8-/m0/s1. The summed E-state index contributed by atoms with van der Waals surface area (Å²) in [6.45, 7) is 6.16. The molecule has 0 aromatic rings. The van der Waals surface area contributed by atoms with Crippen LogP contribution in [0.5, 0.6) is 0 Å². The number of rotatable bonds is 1. The van der Waals surface area contributed by atoms with Crippen LogP contribution in [0.3, 0.4) is 0 Å². The first-order valence-corrected chi connectivity index (χ1v) is 4.83. The molecule has 1 atom stereocenters. The van der Waals surface area contributed by atoms with Crippen molar-refractivity contribution in [2.24, 2.45) is 0 Å². The van der Waals surface area contributed by atoms with Crippen molar-refractivity contribution in [1.82, 2.24) is 4.90 Å². The summed E-state index contributed by atoms with van der Waals surface area (Å²) in [5, 5.41) is 8.75. The number of hydrogen-bond acceptors (Lipinski definition) is 4. The Kier molecular flexibility index (Phi) is 3.00. The molecular weight excluding hydrogens is 180 g/mol. The maximum absolute atomic E-state index is 11.6. The lowest BCUT2D eigenvalue weighted by Crippen LogP contribution is -2.38. The highest BCUT2D eigenvalue weighted by atomic mass is 16.6. The van der Waals surface area contributed by atoms with E-state index in [9.17, 15) is 4.79 Å². The van der Waals surface area contributed by atoms with Crippen LogP contribution >= 0.6 is 0 Å². The Balaban J connectivity index is 2.57. The number of nitriles is 1. The third-order valence-corrected chi connectivity index (χ3v) is 2.06. The molecule has 0 radical (unpaired) electrons. The van der Waals surface area contributed by atoms with E-state index in [4.69, 9.17) is 10.00 Å². The second kappa shape index (κ2) is 3.87. The van der Waals surface area contributed by atoms with Gasteiger partial charge in [0.25, 0.3) is 0 Å². The molecule has 0 aromatic carbocycles. The summed E-state index contributed by atoms with van der Waals surface area (Å²) in [6, 6.07) is -0.362. The van der Waals surface area contributed by atoms with Gasteiger partial charge in [0.2, 0.25) is 0 Å². The number of nitrogens with zero attached hydrogens (tertiary/aromatic N) is 2. The Hall–Kier alpha value is -1.24. The molecule has 1 aliphatic rings. The van der Waals surface area contributed by atoms with Crippen LogP contribution in [-0.2, 0) is 9.53 Å². The van der Waals surface area contributed by atoms with Gasteiger partial charge in [-0.15, -0.1) is 0 Å². The van der Waals surface area contributed by atoms with Crippen molar-refractivity contribution in [3.8, 4) is 6.19 Å². The van der Waals surface area contributed by atoms with Gasteiger partial charge in [0.15, 0.2) is 6.19 Å². The summed E-state index contributed by atoms with van der Waals surface area (Å²) < 4.78 is 5.22. The van der Waals surface area contributed by atoms with E-state index in [1.165, 1.54) is 4.90 Å². The average Bonchev–Trinajstić information content (AvgIpc) is 2.47. The van der Waals surface area contributed by atoms with E-state index in [2.05, 4.69) is 0 Å². The number of hydrogen-bond donors (Lipinski definition) is 0. The highest BCUT2D eigenvalue weighted by Gasteiger charge is 2.33. The summed E-state index contributed by atoms with van der Waals surface area (Å²) in [5.74, 6) is -0.281. The van der Waals surface area contributed by atoms with Crippen LogP contribution in [0, 0.1) is 11.5 Å². The Labute approximate surface area is 84.4 Å². The van der Waals surface area contributed by atoms with Gasteiger partial charge in [-0.1, -0.05) is 0 Å². The number of ether oxygens (including phenoxy) is 1. The topological polar surface area (TPSA) is 53.3 Å². The lowest BCUT2D eigenvalue weighted by molar-refractivity contribution is -0.159. The molecule has 0 aliphatic carbocycles. The molecule has 1 rings (SSSR count). The van der Waals surface area contributed by atoms with Crippen LogP contribution in [0.25, 0.3) is 0 Å². The van der Waals surface area contributed by atoms with Gasteiger partial charge < -0.3 is 4.74 Å². The zero-order valence-electron chi connectivity index (χ0n) is 8.91. The predicted octanol–water partition coefficient (Wildman–Crippen LogP) is 1.27. The Morgan fingerprint density at radius 3 is 2.71 bits per heavy atom. The molecule has 14 heavy (non-hydrogen) atoms. The summed E-state index contributed by atoms with van der Waals surface area (Å²) in [7, 11) is 0. The fourth-order valence-corrected chi connectivity index (χ4v) is 1.50. The molecular formula is C10H16N2O2. The molecule has 0 bridgehead atoms. The van der Waals surface area contributed by atoms with Crippen molar-refractivity contribution < 1.29 is 9.53 Å². The third-order valence-electron chi connectivity index (χ3n) is 2.06. The second-order valence-corrected chi connectivity index (χ2v) is 4.48. The zero-order valence-corrected chi connectivity index (χ0v) is 8.91. The van der Waals surface area contributed by atoms with Gasteiger partial charge in [-0.25, -0.2) is 4.79 Å². The molecule has 0 unspecified atom stereocenters. The minimum Gasteiger partial charge on any atom is -0.458 e. The number of likely N-dealkylation sites (tertiary alicyclic amines) is 1. The highest BCUT2D eigenvalue weighted by molar-refractivity contribution is 5.76. The minimum atomic E-state index is -0.471. The van der Waals surface area contributed by atoms with Gasteiger partial charge in [0.05, 0.1) is 0 Å². The van der Waals surface area contributed by atoms with Gasteiger partial charge in [-0.3, -0.25) is 4.90 Å². The van der Waals surface area contributed by atoms with Gasteiger partial charge in [0, 0.05) is 6.54 Å². The Morgan fingerprint density at radius 1 is 1.57 bits per heavy atom. The maximum Gasteiger partial charge on any atom is 0.330 e. The molecule has 0 spiro atoms. The molecule has 1 saturated heterocycles. The molecule has 0 N–H and O–H groups in total. The summed E-state index contributed by atoms with van der Waals surface area (Å²) in [6.07, 6.45) is 3.62. The molecule has 1 aliphatic heterocycles. The SMILES string of the molecule is CC(C)(C)OC(=O)[C@@H]1CCCN1C#N. The Bertz CT molecular complexity index is 262. The first kappa shape index (κ1) is 10.8. The van der Waals surface area contributed by atoms with Crippen LogP contribution in [0.1, 0.15) is 33.6 Å². The molecule has 4 heteroatoms. The molecule has 1 fully saturated rings. The van der Waals surface area contributed by atoms with E-state index in [1.807, 2.05) is 27.0 Å². The van der Waals surface area contributed by atoms with E-state index >= 15 is 0 Å². The molecule has 0 amide bonds. The van der Waals surface area contributed by atoms with E-state index < -0.39 is 5.60 Å². The fraction of sp³-hybridized carbons (Fsp3) is 0.800. The third kappa shape index (κ3) is 2.63. The van der Waals surface area contributed by atoms with Crippen LogP contribution < -0.4 is 0 Å². The van der Waals surface area contributed by atoms with Crippen molar-refractivity contribution in [2.75, 3.05) is 6.54 Å². The van der Waals surface area contributed by atoms with Gasteiger partial charge in [0.1, 0.15) is 11.6 Å². The molecule has 0 aromatic heterocycles. The predicted molar refractivity (Wildman–Crippen MR) is 51.2 cm³/mol. The Morgan fingerprint density at radius 2 is 2.21 bits per heavy atom. The van der Waals surface area contributed by atoms with Gasteiger partial charge in [-0.05, 0) is 33.6 Å². The van der Waals surface area contributed by atoms with Crippen molar-refractivity contribution in [2.45, 2.75) is 45.3 Å². The quantitative estimate of drug-likeness (QED) is 0.468. The summed E-state index contributed by atoms with van der Waals surface area (Å²) in [5.41, 5.74) is -0.471. The van der Waals surface area contributed by atoms with E-state index in [-0.39, 0.29) is 12.0 Å². The van der Waals surface area contributed by atoms with E-state index in [1.54, 1.807) is 0 Å². The highest BCUT2D eigenvalue weighted by Crippen LogP contribution is 2.19. The van der Waals surface area contributed by atoms with E-state index in [0.29, 0.717) is 6.54 Å². The van der Waals surface area contributed by atoms with Crippen molar-refractivity contribution in [1.29, 1.82) is 5.26 Å². The van der Waals surface area contributed by atoms with Crippen LogP contribution in [0.2, 0.25) is 0 Å². The second-order valence-electron chi connectivity index (χ2n) is 4.48. The average molecular weight is 196 g/mol. The van der Waals surface area contributed by atoms with Gasteiger partial charge in [-0.2, -0.15) is 5.26 Å². The van der Waals surface area contributed by atoms with Crippen LogP contribution in [-0.4, -0.2) is 29.1 Å². The van der Waals surface area contributed by atoms with Gasteiger partial charge >= 0.3 is 5.97 Å². The number of carbonyl (C=O) groups excluding carboxylic acids is 1. The summed E-state index contributed by atoms with van der Waals surface area (Å²) >= 11 is 0.